The van der Waals surface area contributed by atoms with E-state index in [1.54, 1.807) is 0 Å². The number of rotatable bonds is 10. The van der Waals surface area contributed by atoms with Gasteiger partial charge in [0.2, 0.25) is 21.8 Å². The molecule has 7 nitrogen and oxygen atoms in total. The molecule has 0 aromatic heterocycles. The summed E-state index contributed by atoms with van der Waals surface area (Å²) in [7, 11) is -4.05. The number of primary amides is 1. The van der Waals surface area contributed by atoms with Crippen molar-refractivity contribution in [2.24, 2.45) is 17.6 Å². The van der Waals surface area contributed by atoms with Gasteiger partial charge in [0.25, 0.3) is 0 Å². The number of sulfonamides is 1. The zero-order valence-corrected chi connectivity index (χ0v) is 23.1. The number of benzene rings is 2. The maximum Gasteiger partial charge on any atom is 0.244 e. The normalized spacial score (nSPS) is 16.9. The second-order valence-corrected chi connectivity index (χ2v) is 12.9. The highest BCUT2D eigenvalue weighted by molar-refractivity contribution is 7.89. The van der Waals surface area contributed by atoms with Gasteiger partial charge in [-0.25, -0.2) is 8.42 Å². The Bertz CT molecular complexity index is 1240. The molecule has 200 valence electrons. The van der Waals surface area contributed by atoms with E-state index in [1.807, 2.05) is 36.9 Å². The quantitative estimate of drug-likeness (QED) is 0.459. The van der Waals surface area contributed by atoms with E-state index >= 15 is 0 Å². The minimum atomic E-state index is -4.05. The van der Waals surface area contributed by atoms with Crippen LogP contribution in [0.15, 0.2) is 47.4 Å². The van der Waals surface area contributed by atoms with Crippen LogP contribution in [0.1, 0.15) is 63.5 Å². The Hall–Kier alpha value is -2.42. The largest absolute Gasteiger partial charge is 0.368 e. The lowest BCUT2D eigenvalue weighted by Crippen LogP contribution is -2.47. The van der Waals surface area contributed by atoms with Crippen LogP contribution in [0.4, 0.5) is 5.69 Å². The van der Waals surface area contributed by atoms with E-state index in [4.69, 9.17) is 17.3 Å². The lowest BCUT2D eigenvalue weighted by atomic mass is 10.0. The molecule has 37 heavy (non-hydrogen) atoms. The number of carbonyl (C=O) groups is 2. The molecule has 1 aliphatic heterocycles. The molecule has 0 spiro atoms. The van der Waals surface area contributed by atoms with Gasteiger partial charge in [0, 0.05) is 29.7 Å². The number of anilines is 1. The van der Waals surface area contributed by atoms with Gasteiger partial charge in [-0.15, -0.1) is 0 Å². The molecule has 2 amide bonds. The number of nitrogens with two attached hydrogens (primary N) is 1. The second kappa shape index (κ2) is 11.5. The standard InChI is InChI=1S/C28H36ClN3O4S/c1-19(2)7-13-26(27(30)33)32(37(35,36)24-11-9-23(29)10-12-24)18-20-8-14-25-22(17-20)15-16-31(25)28(34)21-5-3-4-6-21/h8-12,14,17,19,21,26H,3-7,13,15-16,18H2,1-2H3,(H2,30,33)/t26-/m1/s1. The number of halogens is 1. The maximum atomic E-state index is 13.8. The number of hydrogen-bond acceptors (Lipinski definition) is 4. The molecule has 1 fully saturated rings. The van der Waals surface area contributed by atoms with Gasteiger partial charge < -0.3 is 10.6 Å². The second-order valence-electron chi connectivity index (χ2n) is 10.6. The van der Waals surface area contributed by atoms with Gasteiger partial charge in [-0.1, -0.05) is 50.4 Å². The Morgan fingerprint density at radius 3 is 2.38 bits per heavy atom. The molecule has 2 N–H and O–H groups in total. The molecule has 4 rings (SSSR count). The summed E-state index contributed by atoms with van der Waals surface area (Å²) in [6.45, 7) is 4.68. The van der Waals surface area contributed by atoms with Crippen molar-refractivity contribution in [1.82, 2.24) is 4.31 Å². The molecular formula is C28H36ClN3O4S. The summed E-state index contributed by atoms with van der Waals surface area (Å²) < 4.78 is 28.8. The van der Waals surface area contributed by atoms with Crippen molar-refractivity contribution in [2.45, 2.75) is 76.3 Å². The van der Waals surface area contributed by atoms with Crippen molar-refractivity contribution >= 4 is 39.1 Å². The van der Waals surface area contributed by atoms with Crippen LogP contribution in [-0.2, 0) is 32.6 Å². The van der Waals surface area contributed by atoms with Crippen LogP contribution in [-0.4, -0.2) is 37.1 Å². The minimum absolute atomic E-state index is 0.000509. The van der Waals surface area contributed by atoms with Crippen molar-refractivity contribution in [3.05, 3.63) is 58.6 Å². The van der Waals surface area contributed by atoms with E-state index in [9.17, 15) is 18.0 Å². The molecule has 1 saturated carbocycles. The topological polar surface area (TPSA) is 101 Å². The van der Waals surface area contributed by atoms with Gasteiger partial charge in [0.1, 0.15) is 6.04 Å². The number of nitrogens with zero attached hydrogens (tertiary/aromatic N) is 2. The van der Waals surface area contributed by atoms with E-state index in [2.05, 4.69) is 0 Å². The predicted octanol–water partition coefficient (Wildman–Crippen LogP) is 4.90. The van der Waals surface area contributed by atoms with E-state index in [0.717, 1.165) is 48.9 Å². The van der Waals surface area contributed by atoms with Crippen molar-refractivity contribution in [1.29, 1.82) is 0 Å². The molecule has 2 aromatic rings. The molecular weight excluding hydrogens is 510 g/mol. The van der Waals surface area contributed by atoms with Gasteiger partial charge in [0.05, 0.1) is 4.90 Å². The molecule has 9 heteroatoms. The lowest BCUT2D eigenvalue weighted by molar-refractivity contribution is -0.122. The highest BCUT2D eigenvalue weighted by Crippen LogP contribution is 2.35. The molecule has 2 aliphatic rings. The third kappa shape index (κ3) is 6.19. The number of carbonyl (C=O) groups excluding carboxylic acids is 2. The number of fused-ring (bicyclic) bond motifs is 1. The maximum absolute atomic E-state index is 13.8. The molecule has 1 heterocycles. The van der Waals surface area contributed by atoms with Crippen molar-refractivity contribution in [2.75, 3.05) is 11.4 Å². The molecule has 0 unspecified atom stereocenters. The Morgan fingerprint density at radius 1 is 1.08 bits per heavy atom. The molecule has 0 radical (unpaired) electrons. The smallest absolute Gasteiger partial charge is 0.244 e. The summed E-state index contributed by atoms with van der Waals surface area (Å²) >= 11 is 5.99. The third-order valence-electron chi connectivity index (χ3n) is 7.46. The van der Waals surface area contributed by atoms with Gasteiger partial charge >= 0.3 is 0 Å². The summed E-state index contributed by atoms with van der Waals surface area (Å²) in [6.07, 6.45) is 5.81. The van der Waals surface area contributed by atoms with Gasteiger partial charge in [0.15, 0.2) is 0 Å². The average Bonchev–Trinajstić information content (AvgIpc) is 3.53. The summed E-state index contributed by atoms with van der Waals surface area (Å²) in [5.74, 6) is -0.0978. The van der Waals surface area contributed by atoms with E-state index in [-0.39, 0.29) is 29.2 Å². The highest BCUT2D eigenvalue weighted by atomic mass is 35.5. The van der Waals surface area contributed by atoms with Gasteiger partial charge in [-0.3, -0.25) is 9.59 Å². The Kier molecular flexibility index (Phi) is 8.61. The first-order valence-electron chi connectivity index (χ1n) is 13.1. The molecule has 2 aromatic carbocycles. The minimum Gasteiger partial charge on any atom is -0.368 e. The molecule has 1 atom stereocenters. The van der Waals surface area contributed by atoms with Crippen molar-refractivity contribution < 1.29 is 18.0 Å². The van der Waals surface area contributed by atoms with Crippen LogP contribution in [0.3, 0.4) is 0 Å². The number of hydrogen-bond donors (Lipinski definition) is 1. The predicted molar refractivity (Wildman–Crippen MR) is 146 cm³/mol. The van der Waals surface area contributed by atoms with Crippen molar-refractivity contribution in [3.8, 4) is 0 Å². The van der Waals surface area contributed by atoms with Crippen LogP contribution in [0, 0.1) is 11.8 Å². The Balaban J connectivity index is 1.64. The zero-order chi connectivity index (χ0) is 26.7. The SMILES string of the molecule is CC(C)CC[C@H](C(N)=O)N(Cc1ccc2c(c1)CCN2C(=O)C1CCCC1)S(=O)(=O)c1ccc(Cl)cc1. The monoisotopic (exact) mass is 545 g/mol. The molecule has 0 saturated heterocycles. The first kappa shape index (κ1) is 27.6. The van der Waals surface area contributed by atoms with Crippen molar-refractivity contribution in [3.63, 3.8) is 0 Å². The Morgan fingerprint density at radius 2 is 1.76 bits per heavy atom. The molecule has 0 bridgehead atoms. The van der Waals surface area contributed by atoms with E-state index in [0.29, 0.717) is 24.4 Å². The zero-order valence-electron chi connectivity index (χ0n) is 21.5. The summed E-state index contributed by atoms with van der Waals surface area (Å²) in [5.41, 5.74) is 8.44. The first-order valence-corrected chi connectivity index (χ1v) is 14.9. The fraction of sp³-hybridized carbons (Fsp3) is 0.500. The van der Waals surface area contributed by atoms with E-state index < -0.39 is 22.0 Å². The Labute approximate surface area is 225 Å². The summed E-state index contributed by atoms with van der Waals surface area (Å²) in [6, 6.07) is 10.7. The van der Waals surface area contributed by atoms with Gasteiger partial charge in [-0.05, 0) is 79.5 Å². The van der Waals surface area contributed by atoms with E-state index in [1.165, 1.54) is 28.6 Å². The fourth-order valence-electron chi connectivity index (χ4n) is 5.38. The number of amides is 2. The van der Waals surface area contributed by atoms with Gasteiger partial charge in [-0.2, -0.15) is 4.31 Å². The van der Waals surface area contributed by atoms with Crippen LogP contribution in [0.5, 0.6) is 0 Å². The molecule has 1 aliphatic carbocycles. The third-order valence-corrected chi connectivity index (χ3v) is 9.58. The lowest BCUT2D eigenvalue weighted by Gasteiger charge is -2.30. The first-order chi connectivity index (χ1) is 17.6. The van der Waals surface area contributed by atoms with Crippen LogP contribution < -0.4 is 10.6 Å². The van der Waals surface area contributed by atoms with Crippen LogP contribution in [0.2, 0.25) is 5.02 Å². The summed E-state index contributed by atoms with van der Waals surface area (Å²) in [5, 5.41) is 0.423. The van der Waals surface area contributed by atoms with Crippen LogP contribution in [0.25, 0.3) is 0 Å². The fourth-order valence-corrected chi connectivity index (χ4v) is 7.12. The van der Waals surface area contributed by atoms with Crippen LogP contribution >= 0.6 is 11.6 Å². The average molecular weight is 546 g/mol. The summed E-state index contributed by atoms with van der Waals surface area (Å²) in [4.78, 5) is 27.6. The highest BCUT2D eigenvalue weighted by Gasteiger charge is 2.36.